The normalized spacial score (nSPS) is 24.5. The molecule has 0 N–H and O–H groups in total. The summed E-state index contributed by atoms with van der Waals surface area (Å²) in [6.07, 6.45) is 13.0. The van der Waals surface area contributed by atoms with Gasteiger partial charge in [-0.2, -0.15) is 0 Å². The van der Waals surface area contributed by atoms with E-state index < -0.39 is 0 Å². The van der Waals surface area contributed by atoms with Gasteiger partial charge in [0.15, 0.2) is 0 Å². The molecule has 0 saturated heterocycles. The SMILES string of the molecule is CCCCCC(CC(N=C=O)C1CCC(C)CC1)N=C=O. The monoisotopic (exact) mass is 292 g/mol. The Kier molecular flexibility index (Phi) is 8.89. The lowest BCUT2D eigenvalue weighted by Crippen LogP contribution is -2.27. The molecule has 118 valence electrons. The molecular formula is C17H28N2O2. The second-order valence-corrected chi connectivity index (χ2v) is 6.41. The Morgan fingerprint density at radius 1 is 1.05 bits per heavy atom. The number of aliphatic imine (C=N–C) groups is 2. The van der Waals surface area contributed by atoms with Crippen molar-refractivity contribution in [2.45, 2.75) is 83.7 Å². The van der Waals surface area contributed by atoms with Gasteiger partial charge in [-0.1, -0.05) is 46.0 Å². The number of isocyanates is 2. The van der Waals surface area contributed by atoms with Crippen molar-refractivity contribution >= 4 is 12.2 Å². The average molecular weight is 292 g/mol. The maximum absolute atomic E-state index is 10.7. The molecule has 2 atom stereocenters. The van der Waals surface area contributed by atoms with Gasteiger partial charge in [-0.25, -0.2) is 19.6 Å². The van der Waals surface area contributed by atoms with Gasteiger partial charge in [0.1, 0.15) is 0 Å². The molecule has 1 saturated carbocycles. The van der Waals surface area contributed by atoms with Crippen LogP contribution in [0.1, 0.15) is 71.6 Å². The molecule has 0 spiro atoms. The largest absolute Gasteiger partial charge is 0.235 e. The molecule has 0 amide bonds. The van der Waals surface area contributed by atoms with Crippen molar-refractivity contribution in [1.29, 1.82) is 0 Å². The Morgan fingerprint density at radius 3 is 2.29 bits per heavy atom. The third kappa shape index (κ3) is 6.84. The van der Waals surface area contributed by atoms with E-state index in [2.05, 4.69) is 23.8 Å². The average Bonchev–Trinajstić information content (AvgIpc) is 2.48. The number of hydrogen-bond acceptors (Lipinski definition) is 4. The van der Waals surface area contributed by atoms with E-state index in [-0.39, 0.29) is 12.1 Å². The molecule has 0 aliphatic heterocycles. The van der Waals surface area contributed by atoms with Gasteiger partial charge in [0.25, 0.3) is 0 Å². The Bertz CT molecular complexity index is 376. The van der Waals surface area contributed by atoms with Gasteiger partial charge in [0.2, 0.25) is 12.2 Å². The van der Waals surface area contributed by atoms with Crippen molar-refractivity contribution in [2.75, 3.05) is 0 Å². The second-order valence-electron chi connectivity index (χ2n) is 6.41. The third-order valence-corrected chi connectivity index (χ3v) is 4.71. The molecule has 21 heavy (non-hydrogen) atoms. The summed E-state index contributed by atoms with van der Waals surface area (Å²) in [6, 6.07) is -0.0748. The predicted molar refractivity (Wildman–Crippen MR) is 83.7 cm³/mol. The summed E-state index contributed by atoms with van der Waals surface area (Å²) in [7, 11) is 0. The Morgan fingerprint density at radius 2 is 1.71 bits per heavy atom. The first-order valence-corrected chi connectivity index (χ1v) is 8.35. The topological polar surface area (TPSA) is 58.9 Å². The molecule has 0 aromatic rings. The lowest BCUT2D eigenvalue weighted by molar-refractivity contribution is 0.241. The van der Waals surface area contributed by atoms with Gasteiger partial charge >= 0.3 is 0 Å². The van der Waals surface area contributed by atoms with Crippen LogP contribution in [0.25, 0.3) is 0 Å². The van der Waals surface area contributed by atoms with E-state index in [1.54, 1.807) is 12.2 Å². The maximum Gasteiger partial charge on any atom is 0.235 e. The van der Waals surface area contributed by atoms with Crippen molar-refractivity contribution in [3.63, 3.8) is 0 Å². The van der Waals surface area contributed by atoms with E-state index in [9.17, 15) is 9.59 Å². The van der Waals surface area contributed by atoms with Crippen LogP contribution in [0, 0.1) is 11.8 Å². The maximum atomic E-state index is 10.7. The number of carbonyl (C=O) groups excluding carboxylic acids is 2. The first-order chi connectivity index (χ1) is 10.2. The van der Waals surface area contributed by atoms with E-state index in [4.69, 9.17) is 0 Å². The van der Waals surface area contributed by atoms with Crippen LogP contribution in [0.2, 0.25) is 0 Å². The van der Waals surface area contributed by atoms with Crippen LogP contribution in [0.15, 0.2) is 9.98 Å². The molecule has 4 heteroatoms. The van der Waals surface area contributed by atoms with Crippen molar-refractivity contribution < 1.29 is 9.59 Å². The number of hydrogen-bond donors (Lipinski definition) is 0. The molecule has 1 fully saturated rings. The Hall–Kier alpha value is -1.24. The van der Waals surface area contributed by atoms with Gasteiger partial charge in [0, 0.05) is 0 Å². The zero-order chi connectivity index (χ0) is 15.5. The lowest BCUT2D eigenvalue weighted by atomic mass is 9.77. The lowest BCUT2D eigenvalue weighted by Gasteiger charge is -2.30. The van der Waals surface area contributed by atoms with Crippen LogP contribution in [0.3, 0.4) is 0 Å². The van der Waals surface area contributed by atoms with E-state index in [0.717, 1.165) is 44.4 Å². The van der Waals surface area contributed by atoms with Gasteiger partial charge in [-0.15, -0.1) is 0 Å². The van der Waals surface area contributed by atoms with Gasteiger partial charge in [0.05, 0.1) is 12.1 Å². The first kappa shape index (κ1) is 17.8. The van der Waals surface area contributed by atoms with E-state index in [0.29, 0.717) is 12.3 Å². The number of nitrogens with zero attached hydrogens (tertiary/aromatic N) is 2. The van der Waals surface area contributed by atoms with Crippen LogP contribution >= 0.6 is 0 Å². The van der Waals surface area contributed by atoms with Crippen LogP contribution in [0.4, 0.5) is 0 Å². The molecule has 1 aliphatic carbocycles. The Balaban J connectivity index is 2.60. The van der Waals surface area contributed by atoms with Crippen molar-refractivity contribution in [1.82, 2.24) is 0 Å². The highest BCUT2D eigenvalue weighted by molar-refractivity contribution is 5.34. The first-order valence-electron chi connectivity index (χ1n) is 8.35. The quantitative estimate of drug-likeness (QED) is 0.363. The molecule has 1 rings (SSSR count). The van der Waals surface area contributed by atoms with Crippen LogP contribution in [-0.4, -0.2) is 24.2 Å². The highest BCUT2D eigenvalue weighted by Crippen LogP contribution is 2.33. The fraction of sp³-hybridized carbons (Fsp3) is 0.882. The zero-order valence-electron chi connectivity index (χ0n) is 13.4. The van der Waals surface area contributed by atoms with Gasteiger partial charge in [-0.3, -0.25) is 0 Å². The minimum Gasteiger partial charge on any atom is -0.211 e. The Labute approximate surface area is 128 Å². The van der Waals surface area contributed by atoms with Gasteiger partial charge in [-0.05, 0) is 37.5 Å². The van der Waals surface area contributed by atoms with Gasteiger partial charge < -0.3 is 0 Å². The van der Waals surface area contributed by atoms with E-state index in [1.165, 1.54) is 12.8 Å². The summed E-state index contributed by atoms with van der Waals surface area (Å²) in [5, 5.41) is 0. The van der Waals surface area contributed by atoms with Crippen molar-refractivity contribution in [3.05, 3.63) is 0 Å². The second kappa shape index (κ2) is 10.5. The molecule has 0 aromatic carbocycles. The molecule has 0 bridgehead atoms. The summed E-state index contributed by atoms with van der Waals surface area (Å²) in [5.74, 6) is 1.22. The molecule has 2 unspecified atom stereocenters. The predicted octanol–water partition coefficient (Wildman–Crippen LogP) is 4.19. The smallest absolute Gasteiger partial charge is 0.211 e. The third-order valence-electron chi connectivity index (χ3n) is 4.71. The van der Waals surface area contributed by atoms with Crippen molar-refractivity contribution in [3.8, 4) is 0 Å². The number of rotatable bonds is 9. The summed E-state index contributed by atoms with van der Waals surface area (Å²) in [6.45, 7) is 4.43. The minimum atomic E-state index is -0.0458. The molecule has 0 heterocycles. The summed E-state index contributed by atoms with van der Waals surface area (Å²) < 4.78 is 0. The number of unbranched alkanes of at least 4 members (excludes halogenated alkanes) is 2. The summed E-state index contributed by atoms with van der Waals surface area (Å²) >= 11 is 0. The summed E-state index contributed by atoms with van der Waals surface area (Å²) in [4.78, 5) is 29.3. The molecule has 4 nitrogen and oxygen atoms in total. The molecule has 0 radical (unpaired) electrons. The highest BCUT2D eigenvalue weighted by atomic mass is 16.1. The van der Waals surface area contributed by atoms with Crippen LogP contribution in [0.5, 0.6) is 0 Å². The standard InChI is InChI=1S/C17H28N2O2/c1-3-4-5-6-16(18-12-20)11-17(19-13-21)15-9-7-14(2)8-10-15/h14-17H,3-11H2,1-2H3. The molecular weight excluding hydrogens is 264 g/mol. The van der Waals surface area contributed by atoms with Crippen LogP contribution in [-0.2, 0) is 9.59 Å². The summed E-state index contributed by atoms with van der Waals surface area (Å²) in [5.41, 5.74) is 0. The van der Waals surface area contributed by atoms with E-state index in [1.807, 2.05) is 0 Å². The minimum absolute atomic E-state index is 0.0290. The fourth-order valence-corrected chi connectivity index (χ4v) is 3.31. The molecule has 1 aliphatic rings. The van der Waals surface area contributed by atoms with Crippen molar-refractivity contribution in [2.24, 2.45) is 21.8 Å². The highest BCUT2D eigenvalue weighted by Gasteiger charge is 2.28. The zero-order valence-corrected chi connectivity index (χ0v) is 13.4. The van der Waals surface area contributed by atoms with E-state index >= 15 is 0 Å². The molecule has 0 aromatic heterocycles. The fourth-order valence-electron chi connectivity index (χ4n) is 3.31. The van der Waals surface area contributed by atoms with Crippen LogP contribution < -0.4 is 0 Å².